The fraction of sp³-hybridized carbons (Fsp3) is 0.533. The molecule has 2 aliphatic heterocycles. The van der Waals surface area contributed by atoms with Crippen LogP contribution in [0.5, 0.6) is 0 Å². The molecule has 0 radical (unpaired) electrons. The average Bonchev–Trinajstić information content (AvgIpc) is 2.80. The van der Waals surface area contributed by atoms with Gasteiger partial charge in [0.15, 0.2) is 0 Å². The lowest BCUT2D eigenvalue weighted by atomic mass is 9.97. The third-order valence-corrected chi connectivity index (χ3v) is 4.35. The summed E-state index contributed by atoms with van der Waals surface area (Å²) in [7, 11) is 0. The predicted molar refractivity (Wildman–Crippen MR) is 74.4 cm³/mol. The summed E-state index contributed by atoms with van der Waals surface area (Å²) in [5.41, 5.74) is 8.27. The number of nitrogens with two attached hydrogens (primary N) is 1. The molecule has 1 fully saturated rings. The fourth-order valence-electron chi connectivity index (χ4n) is 3.45. The van der Waals surface area contributed by atoms with Crippen molar-refractivity contribution in [2.24, 2.45) is 5.73 Å². The minimum absolute atomic E-state index is 0.0869. The molecule has 2 unspecified atom stereocenters. The number of benzene rings is 1. The van der Waals surface area contributed by atoms with Gasteiger partial charge in [0.25, 0.3) is 0 Å². The third-order valence-electron chi connectivity index (χ3n) is 4.35. The Balaban J connectivity index is 1.93. The van der Waals surface area contributed by atoms with Crippen LogP contribution in [-0.2, 0) is 11.3 Å². The fourth-order valence-corrected chi connectivity index (χ4v) is 3.45. The van der Waals surface area contributed by atoms with Crippen LogP contribution in [0.4, 0.5) is 0 Å². The second kappa shape index (κ2) is 5.31. The van der Waals surface area contributed by atoms with Crippen molar-refractivity contribution in [1.82, 2.24) is 10.2 Å². The van der Waals surface area contributed by atoms with Gasteiger partial charge in [0.1, 0.15) is 0 Å². The zero-order valence-corrected chi connectivity index (χ0v) is 11.1. The highest BCUT2D eigenvalue weighted by atomic mass is 16.1. The van der Waals surface area contributed by atoms with E-state index in [2.05, 4.69) is 34.5 Å². The minimum Gasteiger partial charge on any atom is -0.368 e. The van der Waals surface area contributed by atoms with Crippen LogP contribution in [0, 0.1) is 0 Å². The van der Waals surface area contributed by atoms with Crippen molar-refractivity contribution >= 4 is 5.91 Å². The number of amides is 1. The van der Waals surface area contributed by atoms with Crippen molar-refractivity contribution in [3.63, 3.8) is 0 Å². The molecule has 3 N–H and O–H groups in total. The van der Waals surface area contributed by atoms with E-state index in [9.17, 15) is 4.79 Å². The van der Waals surface area contributed by atoms with E-state index in [1.54, 1.807) is 0 Å². The molecular weight excluding hydrogens is 238 g/mol. The lowest BCUT2D eigenvalue weighted by Crippen LogP contribution is -2.42. The van der Waals surface area contributed by atoms with E-state index in [1.807, 2.05) is 0 Å². The standard InChI is InChI=1S/C15H21N3O/c16-15(19)14-6-3-9-18(14)13-7-8-17-10-11-4-1-2-5-12(11)13/h1-2,4-5,13-14,17H,3,6-10H2,(H2,16,19). The van der Waals surface area contributed by atoms with Crippen LogP contribution in [0.3, 0.4) is 0 Å². The Morgan fingerprint density at radius 3 is 3.00 bits per heavy atom. The van der Waals surface area contributed by atoms with E-state index >= 15 is 0 Å². The van der Waals surface area contributed by atoms with E-state index in [1.165, 1.54) is 11.1 Å². The Morgan fingerprint density at radius 2 is 2.16 bits per heavy atom. The second-order valence-corrected chi connectivity index (χ2v) is 5.48. The molecule has 102 valence electrons. The smallest absolute Gasteiger partial charge is 0.234 e. The average molecular weight is 259 g/mol. The molecule has 0 aliphatic carbocycles. The van der Waals surface area contributed by atoms with E-state index in [-0.39, 0.29) is 11.9 Å². The Labute approximate surface area is 114 Å². The van der Waals surface area contributed by atoms with Gasteiger partial charge in [-0.2, -0.15) is 0 Å². The molecule has 1 amide bonds. The molecular formula is C15H21N3O. The van der Waals surface area contributed by atoms with Gasteiger partial charge in [-0.15, -0.1) is 0 Å². The molecule has 1 saturated heterocycles. The van der Waals surface area contributed by atoms with E-state index in [4.69, 9.17) is 5.73 Å². The maximum Gasteiger partial charge on any atom is 0.234 e. The molecule has 0 bridgehead atoms. The summed E-state index contributed by atoms with van der Waals surface area (Å²) in [5, 5.41) is 3.46. The minimum atomic E-state index is -0.174. The molecule has 3 rings (SSSR count). The lowest BCUT2D eigenvalue weighted by molar-refractivity contribution is -0.123. The van der Waals surface area contributed by atoms with E-state index in [0.717, 1.165) is 38.9 Å². The molecule has 2 aliphatic rings. The van der Waals surface area contributed by atoms with Gasteiger partial charge >= 0.3 is 0 Å². The van der Waals surface area contributed by atoms with Crippen molar-refractivity contribution in [2.45, 2.75) is 37.9 Å². The van der Waals surface area contributed by atoms with Crippen molar-refractivity contribution in [3.05, 3.63) is 35.4 Å². The monoisotopic (exact) mass is 259 g/mol. The molecule has 0 aromatic heterocycles. The number of hydrogen-bond acceptors (Lipinski definition) is 3. The predicted octanol–water partition coefficient (Wildman–Crippen LogP) is 1.17. The quantitative estimate of drug-likeness (QED) is 0.838. The summed E-state index contributed by atoms with van der Waals surface area (Å²) in [6, 6.07) is 8.78. The van der Waals surface area contributed by atoms with Gasteiger partial charge in [0.2, 0.25) is 5.91 Å². The van der Waals surface area contributed by atoms with E-state index in [0.29, 0.717) is 6.04 Å². The summed E-state index contributed by atoms with van der Waals surface area (Å²) in [5.74, 6) is -0.174. The number of nitrogens with one attached hydrogen (secondary N) is 1. The molecule has 19 heavy (non-hydrogen) atoms. The third kappa shape index (κ3) is 2.38. The maximum atomic E-state index is 11.6. The van der Waals surface area contributed by atoms with Gasteiger partial charge in [-0.05, 0) is 43.5 Å². The van der Waals surface area contributed by atoms with Crippen molar-refractivity contribution in [1.29, 1.82) is 0 Å². The highest BCUT2D eigenvalue weighted by molar-refractivity contribution is 5.80. The van der Waals surface area contributed by atoms with Crippen molar-refractivity contribution in [3.8, 4) is 0 Å². The number of fused-ring (bicyclic) bond motifs is 1. The number of nitrogens with zero attached hydrogens (tertiary/aromatic N) is 1. The number of hydrogen-bond donors (Lipinski definition) is 2. The van der Waals surface area contributed by atoms with Crippen molar-refractivity contribution in [2.75, 3.05) is 13.1 Å². The SMILES string of the molecule is NC(=O)C1CCCN1C1CCNCc2ccccc21. The van der Waals surface area contributed by atoms with Crippen LogP contribution >= 0.6 is 0 Å². The maximum absolute atomic E-state index is 11.6. The van der Waals surface area contributed by atoms with Gasteiger partial charge in [-0.1, -0.05) is 24.3 Å². The molecule has 0 saturated carbocycles. The Kier molecular flexibility index (Phi) is 3.53. The normalized spacial score (nSPS) is 27.8. The zero-order chi connectivity index (χ0) is 13.2. The number of rotatable bonds is 2. The number of carbonyl (C=O) groups excluding carboxylic acids is 1. The van der Waals surface area contributed by atoms with Crippen LogP contribution in [0.15, 0.2) is 24.3 Å². The lowest BCUT2D eigenvalue weighted by Gasteiger charge is -2.32. The highest BCUT2D eigenvalue weighted by Gasteiger charge is 2.35. The number of carbonyl (C=O) groups is 1. The van der Waals surface area contributed by atoms with Crippen LogP contribution in [0.2, 0.25) is 0 Å². The molecule has 2 heterocycles. The summed E-state index contributed by atoms with van der Waals surface area (Å²) < 4.78 is 0. The van der Waals surface area contributed by atoms with Gasteiger partial charge in [0.05, 0.1) is 6.04 Å². The van der Waals surface area contributed by atoms with Gasteiger partial charge in [-0.25, -0.2) is 0 Å². The van der Waals surface area contributed by atoms with Crippen LogP contribution in [-0.4, -0.2) is 29.9 Å². The molecule has 2 atom stereocenters. The number of primary amides is 1. The van der Waals surface area contributed by atoms with Crippen molar-refractivity contribution < 1.29 is 4.79 Å². The van der Waals surface area contributed by atoms with Crippen LogP contribution in [0.1, 0.15) is 36.4 Å². The Hall–Kier alpha value is -1.39. The highest BCUT2D eigenvalue weighted by Crippen LogP contribution is 2.34. The summed E-state index contributed by atoms with van der Waals surface area (Å²) in [6.07, 6.45) is 3.02. The topological polar surface area (TPSA) is 58.4 Å². The summed E-state index contributed by atoms with van der Waals surface area (Å²) in [4.78, 5) is 13.9. The van der Waals surface area contributed by atoms with Crippen LogP contribution < -0.4 is 11.1 Å². The first-order chi connectivity index (χ1) is 9.27. The van der Waals surface area contributed by atoms with Crippen LogP contribution in [0.25, 0.3) is 0 Å². The molecule has 1 aromatic carbocycles. The zero-order valence-electron chi connectivity index (χ0n) is 11.1. The molecule has 4 heteroatoms. The molecule has 1 aromatic rings. The number of likely N-dealkylation sites (tertiary alicyclic amines) is 1. The van der Waals surface area contributed by atoms with E-state index < -0.39 is 0 Å². The first-order valence-electron chi connectivity index (χ1n) is 7.11. The summed E-state index contributed by atoms with van der Waals surface area (Å²) >= 11 is 0. The summed E-state index contributed by atoms with van der Waals surface area (Å²) in [6.45, 7) is 2.88. The first kappa shape index (κ1) is 12.6. The molecule has 4 nitrogen and oxygen atoms in total. The first-order valence-corrected chi connectivity index (χ1v) is 7.11. The molecule has 0 spiro atoms. The second-order valence-electron chi connectivity index (χ2n) is 5.48. The van der Waals surface area contributed by atoms with Gasteiger partial charge < -0.3 is 11.1 Å². The Morgan fingerprint density at radius 1 is 1.32 bits per heavy atom. The van der Waals surface area contributed by atoms with Gasteiger partial charge in [-0.3, -0.25) is 9.69 Å². The Bertz CT molecular complexity index is 474. The van der Waals surface area contributed by atoms with Gasteiger partial charge in [0, 0.05) is 12.6 Å². The largest absolute Gasteiger partial charge is 0.368 e.